The van der Waals surface area contributed by atoms with Crippen molar-refractivity contribution >= 4 is 28.9 Å². The van der Waals surface area contributed by atoms with E-state index in [4.69, 9.17) is 11.6 Å². The number of nitrogens with zero attached hydrogens (tertiary/aromatic N) is 3. The Morgan fingerprint density at radius 1 is 1.14 bits per heavy atom. The predicted octanol–water partition coefficient (Wildman–Crippen LogP) is 3.94. The molecule has 0 bridgehead atoms. The molecular weight excluding hydrogens is 415 g/mol. The number of hydrogen-bond donors (Lipinski definition) is 1. The monoisotopic (exact) mass is 429 g/mol. The number of carbonyl (C=O) groups excluding carboxylic acids is 1. The first kappa shape index (κ1) is 20.7. The summed E-state index contributed by atoms with van der Waals surface area (Å²) in [6, 6.07) is 7.41. The van der Waals surface area contributed by atoms with Crippen LogP contribution in [-0.4, -0.2) is 47.0 Å². The second-order valence-electron chi connectivity index (χ2n) is 6.37. The summed E-state index contributed by atoms with van der Waals surface area (Å²) in [5.74, 6) is -0.562. The first-order valence-electron chi connectivity index (χ1n) is 8.47. The lowest BCUT2D eigenvalue weighted by Gasteiger charge is -2.36. The van der Waals surface area contributed by atoms with Gasteiger partial charge in [-0.15, -0.1) is 0 Å². The van der Waals surface area contributed by atoms with E-state index < -0.39 is 33.3 Å². The van der Waals surface area contributed by atoms with E-state index in [0.717, 1.165) is 6.07 Å². The van der Waals surface area contributed by atoms with Crippen LogP contribution < -0.4 is 4.90 Å². The van der Waals surface area contributed by atoms with Crippen molar-refractivity contribution in [1.82, 2.24) is 4.90 Å². The van der Waals surface area contributed by atoms with Crippen LogP contribution in [0.3, 0.4) is 0 Å². The number of nitro groups is 1. The third kappa shape index (κ3) is 4.21. The maximum Gasteiger partial charge on any atom is 0.418 e. The molecule has 1 heterocycles. The fraction of sp³-hybridized carbons (Fsp3) is 0.278. The number of piperazine rings is 1. The summed E-state index contributed by atoms with van der Waals surface area (Å²) < 4.78 is 39.0. The average Bonchev–Trinajstić information content (AvgIpc) is 2.66. The molecule has 11 heteroatoms. The molecule has 1 N–H and O–H groups in total. The topological polar surface area (TPSA) is 86.9 Å². The van der Waals surface area contributed by atoms with Crippen LogP contribution in [0.1, 0.15) is 15.9 Å². The Morgan fingerprint density at radius 3 is 2.31 bits per heavy atom. The summed E-state index contributed by atoms with van der Waals surface area (Å²) in [6.07, 6.45) is -4.82. The molecule has 0 aliphatic carbocycles. The summed E-state index contributed by atoms with van der Waals surface area (Å²) in [4.78, 5) is 26.0. The molecule has 0 spiro atoms. The van der Waals surface area contributed by atoms with Crippen molar-refractivity contribution in [3.8, 4) is 5.75 Å². The largest absolute Gasteiger partial charge is 0.507 e. The molecule has 0 unspecified atom stereocenters. The number of rotatable bonds is 3. The minimum atomic E-state index is -4.82. The zero-order valence-corrected chi connectivity index (χ0v) is 15.6. The normalized spacial score (nSPS) is 14.8. The van der Waals surface area contributed by atoms with Crippen LogP contribution in [-0.2, 0) is 6.18 Å². The number of nitro benzene ring substituents is 1. The van der Waals surface area contributed by atoms with Gasteiger partial charge in [0.25, 0.3) is 11.6 Å². The summed E-state index contributed by atoms with van der Waals surface area (Å²) in [5, 5.41) is 20.5. The first-order chi connectivity index (χ1) is 13.6. The fourth-order valence-electron chi connectivity index (χ4n) is 3.14. The third-order valence-corrected chi connectivity index (χ3v) is 4.92. The highest BCUT2D eigenvalue weighted by atomic mass is 35.5. The number of aromatic hydroxyl groups is 1. The quantitative estimate of drug-likeness (QED) is 0.590. The molecular formula is C18H15ClF3N3O4. The summed E-state index contributed by atoms with van der Waals surface area (Å²) in [7, 11) is 0. The van der Waals surface area contributed by atoms with Gasteiger partial charge in [0.05, 0.1) is 21.1 Å². The van der Waals surface area contributed by atoms with Gasteiger partial charge in [-0.05, 0) is 18.2 Å². The number of anilines is 1. The second kappa shape index (κ2) is 7.78. The third-order valence-electron chi connectivity index (χ3n) is 4.61. The lowest BCUT2D eigenvalue weighted by Crippen LogP contribution is -2.49. The molecule has 2 aromatic rings. The molecule has 3 rings (SSSR count). The number of phenols is 1. The summed E-state index contributed by atoms with van der Waals surface area (Å²) >= 11 is 5.72. The Hall–Kier alpha value is -3.01. The van der Waals surface area contributed by atoms with Crippen LogP contribution in [0.25, 0.3) is 0 Å². The fourth-order valence-corrected chi connectivity index (χ4v) is 3.41. The number of hydrogen-bond acceptors (Lipinski definition) is 5. The first-order valence-corrected chi connectivity index (χ1v) is 8.84. The van der Waals surface area contributed by atoms with Gasteiger partial charge in [-0.2, -0.15) is 13.2 Å². The predicted molar refractivity (Wildman–Crippen MR) is 99.3 cm³/mol. The van der Waals surface area contributed by atoms with Crippen LogP contribution in [0.2, 0.25) is 5.02 Å². The maximum atomic E-state index is 13.0. The van der Waals surface area contributed by atoms with Crippen LogP contribution in [0.4, 0.5) is 24.5 Å². The van der Waals surface area contributed by atoms with Crippen molar-refractivity contribution in [2.24, 2.45) is 0 Å². The van der Waals surface area contributed by atoms with Crippen molar-refractivity contribution in [2.75, 3.05) is 31.1 Å². The van der Waals surface area contributed by atoms with E-state index >= 15 is 0 Å². The van der Waals surface area contributed by atoms with E-state index in [1.54, 1.807) is 12.1 Å². The summed E-state index contributed by atoms with van der Waals surface area (Å²) in [5.41, 5.74) is -1.89. The molecule has 29 heavy (non-hydrogen) atoms. The van der Waals surface area contributed by atoms with Crippen molar-refractivity contribution in [1.29, 1.82) is 0 Å². The molecule has 7 nitrogen and oxygen atoms in total. The molecule has 1 saturated heterocycles. The van der Waals surface area contributed by atoms with E-state index in [-0.39, 0.29) is 43.2 Å². The summed E-state index contributed by atoms with van der Waals surface area (Å²) in [6.45, 7) is 0.648. The van der Waals surface area contributed by atoms with Crippen LogP contribution in [0, 0.1) is 10.1 Å². The minimum Gasteiger partial charge on any atom is -0.507 e. The number of benzene rings is 2. The van der Waals surface area contributed by atoms with Crippen LogP contribution in [0.15, 0.2) is 36.4 Å². The highest BCUT2D eigenvalue weighted by Crippen LogP contribution is 2.41. The molecule has 1 amide bonds. The van der Waals surface area contributed by atoms with Crippen molar-refractivity contribution < 1.29 is 28.0 Å². The van der Waals surface area contributed by atoms with Gasteiger partial charge < -0.3 is 14.9 Å². The van der Waals surface area contributed by atoms with E-state index in [9.17, 15) is 33.2 Å². The molecule has 0 atom stereocenters. The van der Waals surface area contributed by atoms with Crippen LogP contribution in [0.5, 0.6) is 5.75 Å². The van der Waals surface area contributed by atoms with Gasteiger partial charge in [-0.25, -0.2) is 0 Å². The molecule has 2 aromatic carbocycles. The zero-order valence-electron chi connectivity index (χ0n) is 14.8. The minimum absolute atomic E-state index is 0.0392. The number of alkyl halides is 3. The van der Waals surface area contributed by atoms with E-state index in [2.05, 4.69) is 0 Å². The van der Waals surface area contributed by atoms with Gasteiger partial charge in [0.15, 0.2) is 0 Å². The molecule has 0 aromatic heterocycles. The van der Waals surface area contributed by atoms with Gasteiger partial charge >= 0.3 is 6.18 Å². The standard InChI is InChI=1S/C18H15ClF3N3O4/c19-13-10-14(15(25(28)29)9-12(13)18(20,21)22)23-5-7-24(8-6-23)17(27)11-3-1-2-4-16(11)26/h1-4,9-10,26H,5-8H2. The number of phenolic OH excluding ortho intramolecular Hbond substituents is 1. The van der Waals surface area contributed by atoms with E-state index in [0.29, 0.717) is 6.07 Å². The lowest BCUT2D eigenvalue weighted by atomic mass is 10.1. The number of amides is 1. The highest BCUT2D eigenvalue weighted by Gasteiger charge is 2.37. The van der Waals surface area contributed by atoms with Crippen molar-refractivity contribution in [3.05, 3.63) is 62.7 Å². The Bertz CT molecular complexity index is 960. The molecule has 154 valence electrons. The van der Waals surface area contributed by atoms with Crippen LogP contribution >= 0.6 is 11.6 Å². The average molecular weight is 430 g/mol. The molecule has 1 fully saturated rings. The maximum absolute atomic E-state index is 13.0. The number of carbonyl (C=O) groups is 1. The van der Waals surface area contributed by atoms with E-state index in [1.165, 1.54) is 21.9 Å². The lowest BCUT2D eigenvalue weighted by molar-refractivity contribution is -0.384. The SMILES string of the molecule is O=C(c1ccccc1O)N1CCN(c2cc(Cl)c(C(F)(F)F)cc2[N+](=O)[O-])CC1. The van der Waals surface area contributed by atoms with Crippen molar-refractivity contribution in [3.63, 3.8) is 0 Å². The molecule has 0 saturated carbocycles. The highest BCUT2D eigenvalue weighted by molar-refractivity contribution is 6.31. The smallest absolute Gasteiger partial charge is 0.418 e. The van der Waals surface area contributed by atoms with Crippen molar-refractivity contribution in [2.45, 2.75) is 6.18 Å². The zero-order chi connectivity index (χ0) is 21.3. The number of para-hydroxylation sites is 1. The van der Waals surface area contributed by atoms with Gasteiger partial charge in [0.2, 0.25) is 0 Å². The second-order valence-corrected chi connectivity index (χ2v) is 6.78. The van der Waals surface area contributed by atoms with Gasteiger partial charge in [0, 0.05) is 32.2 Å². The van der Waals surface area contributed by atoms with Gasteiger partial charge in [-0.1, -0.05) is 23.7 Å². The Labute approximate surface area is 168 Å². The Kier molecular flexibility index (Phi) is 5.56. The van der Waals surface area contributed by atoms with Gasteiger partial charge in [-0.3, -0.25) is 14.9 Å². The van der Waals surface area contributed by atoms with Gasteiger partial charge in [0.1, 0.15) is 11.4 Å². The molecule has 1 aliphatic rings. The Morgan fingerprint density at radius 2 is 1.76 bits per heavy atom. The molecule has 1 aliphatic heterocycles. The Balaban J connectivity index is 1.82. The molecule has 0 radical (unpaired) electrons. The van der Waals surface area contributed by atoms with E-state index in [1.807, 2.05) is 0 Å². The number of halogens is 4.